The van der Waals surface area contributed by atoms with Gasteiger partial charge in [-0.05, 0) is 32.6 Å². The number of aryl methyl sites for hydroxylation is 2. The van der Waals surface area contributed by atoms with Crippen molar-refractivity contribution in [3.05, 3.63) is 17.0 Å². The van der Waals surface area contributed by atoms with Crippen molar-refractivity contribution in [1.82, 2.24) is 20.4 Å². The number of nitrogens with zero attached hydrogens (tertiary/aromatic N) is 3. The molecule has 1 aromatic rings. The molecule has 1 saturated carbocycles. The van der Waals surface area contributed by atoms with E-state index in [-0.39, 0.29) is 24.0 Å². The van der Waals surface area contributed by atoms with Gasteiger partial charge in [-0.25, -0.2) is 0 Å². The van der Waals surface area contributed by atoms with Crippen LogP contribution in [0.2, 0.25) is 0 Å². The second kappa shape index (κ2) is 10.2. The molecule has 0 radical (unpaired) electrons. The molecule has 132 valence electrons. The summed E-state index contributed by atoms with van der Waals surface area (Å²) in [5.41, 5.74) is 3.56. The minimum atomic E-state index is 0. The topological polar surface area (TPSA) is 54.2 Å². The van der Waals surface area contributed by atoms with Crippen LogP contribution in [0.4, 0.5) is 0 Å². The van der Waals surface area contributed by atoms with Gasteiger partial charge in [-0.3, -0.25) is 9.67 Å². The van der Waals surface area contributed by atoms with E-state index >= 15 is 0 Å². The third kappa shape index (κ3) is 5.97. The van der Waals surface area contributed by atoms with Gasteiger partial charge in [0.15, 0.2) is 5.96 Å². The molecule has 1 aliphatic rings. The predicted octanol–water partition coefficient (Wildman–Crippen LogP) is 3.29. The maximum atomic E-state index is 4.45. The van der Waals surface area contributed by atoms with E-state index in [2.05, 4.69) is 34.6 Å². The molecule has 5 nitrogen and oxygen atoms in total. The smallest absolute Gasteiger partial charge is 0.191 e. The van der Waals surface area contributed by atoms with E-state index in [4.69, 9.17) is 0 Å². The van der Waals surface area contributed by atoms with Crippen molar-refractivity contribution >= 4 is 29.9 Å². The van der Waals surface area contributed by atoms with Gasteiger partial charge >= 0.3 is 0 Å². The number of halogens is 1. The number of rotatable bonds is 6. The van der Waals surface area contributed by atoms with Crippen molar-refractivity contribution in [2.24, 2.45) is 18.0 Å². The Hall–Kier alpha value is -0.790. The van der Waals surface area contributed by atoms with E-state index in [1.807, 2.05) is 18.8 Å². The zero-order valence-corrected chi connectivity index (χ0v) is 17.3. The Bertz CT molecular complexity index is 503. The minimum absolute atomic E-state index is 0. The summed E-state index contributed by atoms with van der Waals surface area (Å²) in [4.78, 5) is 4.31. The second-order valence-electron chi connectivity index (χ2n) is 6.42. The van der Waals surface area contributed by atoms with Crippen LogP contribution < -0.4 is 10.6 Å². The average molecular weight is 433 g/mol. The molecular formula is C17H32IN5. The van der Waals surface area contributed by atoms with Crippen LogP contribution >= 0.6 is 24.0 Å². The van der Waals surface area contributed by atoms with Crippen LogP contribution in [0.3, 0.4) is 0 Å². The number of nitrogens with one attached hydrogen (secondary N) is 2. The van der Waals surface area contributed by atoms with E-state index in [0.717, 1.165) is 30.7 Å². The number of aliphatic imine (C=N–C) groups is 1. The van der Waals surface area contributed by atoms with Crippen LogP contribution in [-0.2, 0) is 13.6 Å². The van der Waals surface area contributed by atoms with Gasteiger partial charge in [-0.2, -0.15) is 5.10 Å². The second-order valence-corrected chi connectivity index (χ2v) is 6.42. The molecule has 1 aliphatic carbocycles. The molecule has 0 bridgehead atoms. The fraction of sp³-hybridized carbons (Fsp3) is 0.765. The molecule has 0 aromatic carbocycles. The first kappa shape index (κ1) is 20.3. The lowest BCUT2D eigenvalue weighted by Crippen LogP contribution is -2.37. The highest BCUT2D eigenvalue weighted by molar-refractivity contribution is 14.0. The fourth-order valence-electron chi connectivity index (χ4n) is 3.36. The molecule has 2 N–H and O–H groups in total. The Labute approximate surface area is 157 Å². The quantitative estimate of drug-likeness (QED) is 0.313. The summed E-state index contributed by atoms with van der Waals surface area (Å²) in [6.45, 7) is 5.94. The Morgan fingerprint density at radius 1 is 1.26 bits per heavy atom. The standard InChI is InChI=1S/C17H31N5.HI/c1-13-16(14(2)22(4)21-13)12-20-17(18-3)19-11-7-10-15-8-5-6-9-15;/h15H,5-12H2,1-4H3,(H2,18,19,20);1H. The zero-order chi connectivity index (χ0) is 15.9. The third-order valence-corrected chi connectivity index (χ3v) is 4.87. The Kier molecular flexibility index (Phi) is 8.94. The van der Waals surface area contributed by atoms with Gasteiger partial charge < -0.3 is 10.6 Å². The van der Waals surface area contributed by atoms with E-state index in [0.29, 0.717) is 0 Å². The van der Waals surface area contributed by atoms with Crippen LogP contribution in [0.25, 0.3) is 0 Å². The molecule has 1 heterocycles. The summed E-state index contributed by atoms with van der Waals surface area (Å²) in [6.07, 6.45) is 8.33. The van der Waals surface area contributed by atoms with E-state index in [9.17, 15) is 0 Å². The summed E-state index contributed by atoms with van der Waals surface area (Å²) in [7, 11) is 3.82. The first-order valence-corrected chi connectivity index (χ1v) is 8.55. The summed E-state index contributed by atoms with van der Waals surface area (Å²) < 4.78 is 1.93. The van der Waals surface area contributed by atoms with E-state index < -0.39 is 0 Å². The maximum Gasteiger partial charge on any atom is 0.191 e. The lowest BCUT2D eigenvalue weighted by Gasteiger charge is -2.13. The van der Waals surface area contributed by atoms with Gasteiger partial charge in [0.2, 0.25) is 0 Å². The van der Waals surface area contributed by atoms with Crippen LogP contribution in [0.15, 0.2) is 4.99 Å². The Balaban J connectivity index is 0.00000264. The molecule has 0 atom stereocenters. The Morgan fingerprint density at radius 2 is 1.96 bits per heavy atom. The first-order valence-electron chi connectivity index (χ1n) is 8.55. The van der Waals surface area contributed by atoms with Crippen LogP contribution in [-0.4, -0.2) is 29.3 Å². The molecule has 0 spiro atoms. The lowest BCUT2D eigenvalue weighted by atomic mass is 10.0. The summed E-state index contributed by atoms with van der Waals surface area (Å²) >= 11 is 0. The highest BCUT2D eigenvalue weighted by Crippen LogP contribution is 2.28. The largest absolute Gasteiger partial charge is 0.356 e. The molecule has 23 heavy (non-hydrogen) atoms. The normalized spacial score (nSPS) is 15.6. The number of guanidine groups is 1. The van der Waals surface area contributed by atoms with Gasteiger partial charge in [-0.1, -0.05) is 25.7 Å². The molecule has 2 rings (SSSR count). The molecule has 1 aromatic heterocycles. The molecule has 0 amide bonds. The van der Waals surface area contributed by atoms with Crippen molar-refractivity contribution in [1.29, 1.82) is 0 Å². The summed E-state index contributed by atoms with van der Waals surface area (Å²) in [5, 5.41) is 11.3. The highest BCUT2D eigenvalue weighted by Gasteiger charge is 2.14. The van der Waals surface area contributed by atoms with Crippen molar-refractivity contribution in [2.75, 3.05) is 13.6 Å². The van der Waals surface area contributed by atoms with Gasteiger partial charge in [0.1, 0.15) is 0 Å². The monoisotopic (exact) mass is 433 g/mol. The van der Waals surface area contributed by atoms with Gasteiger partial charge in [0, 0.05) is 38.4 Å². The number of hydrogen-bond donors (Lipinski definition) is 2. The van der Waals surface area contributed by atoms with Gasteiger partial charge in [0.05, 0.1) is 5.69 Å². The van der Waals surface area contributed by atoms with Crippen molar-refractivity contribution in [3.63, 3.8) is 0 Å². The van der Waals surface area contributed by atoms with Crippen LogP contribution in [0.1, 0.15) is 55.5 Å². The van der Waals surface area contributed by atoms with Crippen molar-refractivity contribution < 1.29 is 0 Å². The number of hydrogen-bond acceptors (Lipinski definition) is 2. The SMILES string of the molecule is CN=C(NCCCC1CCCC1)NCc1c(C)nn(C)c1C.I. The van der Waals surface area contributed by atoms with Gasteiger partial charge in [-0.15, -0.1) is 24.0 Å². The van der Waals surface area contributed by atoms with Crippen molar-refractivity contribution in [3.8, 4) is 0 Å². The fourth-order valence-corrected chi connectivity index (χ4v) is 3.36. The zero-order valence-electron chi connectivity index (χ0n) is 15.0. The molecule has 6 heteroatoms. The lowest BCUT2D eigenvalue weighted by molar-refractivity contribution is 0.481. The predicted molar refractivity (Wildman–Crippen MR) is 107 cm³/mol. The molecule has 0 saturated heterocycles. The molecular weight excluding hydrogens is 401 g/mol. The highest BCUT2D eigenvalue weighted by atomic mass is 127. The third-order valence-electron chi connectivity index (χ3n) is 4.87. The van der Waals surface area contributed by atoms with E-state index in [1.165, 1.54) is 49.8 Å². The Morgan fingerprint density at radius 3 is 2.52 bits per heavy atom. The molecule has 0 unspecified atom stereocenters. The average Bonchev–Trinajstić information content (AvgIpc) is 3.09. The molecule has 1 fully saturated rings. The summed E-state index contributed by atoms with van der Waals surface area (Å²) in [6, 6.07) is 0. The maximum absolute atomic E-state index is 4.45. The minimum Gasteiger partial charge on any atom is -0.356 e. The first-order chi connectivity index (χ1) is 10.6. The van der Waals surface area contributed by atoms with Gasteiger partial charge in [0.25, 0.3) is 0 Å². The van der Waals surface area contributed by atoms with E-state index in [1.54, 1.807) is 0 Å². The summed E-state index contributed by atoms with van der Waals surface area (Å²) in [5.74, 6) is 1.85. The molecule has 0 aliphatic heterocycles. The van der Waals surface area contributed by atoms with Crippen LogP contribution in [0, 0.1) is 19.8 Å². The van der Waals surface area contributed by atoms with Crippen LogP contribution in [0.5, 0.6) is 0 Å². The van der Waals surface area contributed by atoms with Crippen molar-refractivity contribution in [2.45, 2.75) is 58.9 Å². The number of aromatic nitrogens is 2.